The van der Waals surface area contributed by atoms with Crippen molar-refractivity contribution in [3.8, 4) is 0 Å². The van der Waals surface area contributed by atoms with Gasteiger partial charge in [-0.25, -0.2) is 0 Å². The Hall–Kier alpha value is -0.160. The van der Waals surface area contributed by atoms with E-state index in [2.05, 4.69) is 0 Å². The molecule has 1 fully saturated rings. The lowest BCUT2D eigenvalue weighted by Gasteiger charge is -2.39. The molecule has 0 aromatic rings. The van der Waals surface area contributed by atoms with Gasteiger partial charge in [0.15, 0.2) is 6.29 Å². The van der Waals surface area contributed by atoms with Gasteiger partial charge in [-0.05, 0) is 6.92 Å². The molecule has 0 radical (unpaired) electrons. The molecule has 1 aliphatic rings. The fourth-order valence-electron chi connectivity index (χ4n) is 1.44. The van der Waals surface area contributed by atoms with E-state index in [1.807, 2.05) is 0 Å². The Bertz CT molecular complexity index is 145. The van der Waals surface area contributed by atoms with Gasteiger partial charge in [0.1, 0.15) is 6.10 Å². The van der Waals surface area contributed by atoms with E-state index in [0.29, 0.717) is 0 Å². The Labute approximate surface area is 72.1 Å². The number of ether oxygens (including phenoxy) is 2. The van der Waals surface area contributed by atoms with Crippen molar-refractivity contribution in [2.24, 2.45) is 5.92 Å². The van der Waals surface area contributed by atoms with Gasteiger partial charge in [-0.2, -0.15) is 0 Å². The van der Waals surface area contributed by atoms with Gasteiger partial charge < -0.3 is 19.7 Å². The first-order chi connectivity index (χ1) is 5.57. The first-order valence-corrected chi connectivity index (χ1v) is 4.12. The summed E-state index contributed by atoms with van der Waals surface area (Å²) in [5, 5.41) is 18.9. The first-order valence-electron chi connectivity index (χ1n) is 4.12. The largest absolute Gasteiger partial charge is 0.390 e. The maximum atomic E-state index is 9.51. The second-order valence-corrected chi connectivity index (χ2v) is 3.29. The lowest BCUT2D eigenvalue weighted by atomic mass is 9.93. The van der Waals surface area contributed by atoms with E-state index in [1.54, 1.807) is 13.8 Å². The second kappa shape index (κ2) is 3.70. The Balaban J connectivity index is 2.63. The van der Waals surface area contributed by atoms with E-state index >= 15 is 0 Å². The fourth-order valence-corrected chi connectivity index (χ4v) is 1.44. The van der Waals surface area contributed by atoms with E-state index in [0.717, 1.165) is 0 Å². The van der Waals surface area contributed by atoms with Gasteiger partial charge in [0.2, 0.25) is 0 Å². The Morgan fingerprint density at radius 2 is 1.75 bits per heavy atom. The summed E-state index contributed by atoms with van der Waals surface area (Å²) in [5.41, 5.74) is 0. The predicted octanol–water partition coefficient (Wildman–Crippen LogP) is -0.265. The number of aliphatic hydroxyl groups excluding tert-OH is 2. The molecule has 2 N–H and O–H groups in total. The first kappa shape index (κ1) is 9.92. The van der Waals surface area contributed by atoms with Crippen LogP contribution in [0.15, 0.2) is 0 Å². The quantitative estimate of drug-likeness (QED) is 0.577. The highest BCUT2D eigenvalue weighted by atomic mass is 16.7. The predicted molar refractivity (Wildman–Crippen MR) is 42.5 cm³/mol. The van der Waals surface area contributed by atoms with Crippen molar-refractivity contribution in [3.05, 3.63) is 0 Å². The van der Waals surface area contributed by atoms with Crippen molar-refractivity contribution in [2.45, 2.75) is 38.4 Å². The molecule has 0 spiro atoms. The average molecular weight is 176 g/mol. The third kappa shape index (κ3) is 1.61. The van der Waals surface area contributed by atoms with Gasteiger partial charge in [0, 0.05) is 13.0 Å². The lowest BCUT2D eigenvalue weighted by molar-refractivity contribution is -0.264. The monoisotopic (exact) mass is 176 g/mol. The van der Waals surface area contributed by atoms with Crippen molar-refractivity contribution >= 4 is 0 Å². The zero-order valence-corrected chi connectivity index (χ0v) is 7.60. The summed E-state index contributed by atoms with van der Waals surface area (Å²) in [7, 11) is 1.53. The number of hydrogen-bond donors (Lipinski definition) is 2. The molecule has 0 amide bonds. The van der Waals surface area contributed by atoms with E-state index in [9.17, 15) is 10.2 Å². The third-order valence-corrected chi connectivity index (χ3v) is 2.38. The average Bonchev–Trinajstić information content (AvgIpc) is 2.08. The molecule has 72 valence electrons. The molecule has 0 unspecified atom stereocenters. The van der Waals surface area contributed by atoms with Gasteiger partial charge in [-0.15, -0.1) is 0 Å². The zero-order valence-electron chi connectivity index (χ0n) is 7.60. The molecule has 12 heavy (non-hydrogen) atoms. The second-order valence-electron chi connectivity index (χ2n) is 3.29. The maximum Gasteiger partial charge on any atom is 0.162 e. The van der Waals surface area contributed by atoms with Crippen LogP contribution in [0.3, 0.4) is 0 Å². The van der Waals surface area contributed by atoms with Crippen LogP contribution in [-0.2, 0) is 9.47 Å². The Kier molecular flexibility index (Phi) is 3.06. The molecule has 1 aliphatic heterocycles. The molecular formula is C8H16O4. The van der Waals surface area contributed by atoms with Gasteiger partial charge in [-0.3, -0.25) is 0 Å². The summed E-state index contributed by atoms with van der Waals surface area (Å²) < 4.78 is 10.3. The molecule has 4 heteroatoms. The SMILES string of the molecule is CO[C@H]1O[C@H](C)[C@@H](O)[C@H](O)[C@@H]1C. The van der Waals surface area contributed by atoms with Gasteiger partial charge >= 0.3 is 0 Å². The van der Waals surface area contributed by atoms with Crippen molar-refractivity contribution in [3.63, 3.8) is 0 Å². The van der Waals surface area contributed by atoms with E-state index < -0.39 is 18.5 Å². The smallest absolute Gasteiger partial charge is 0.162 e. The summed E-state index contributed by atoms with van der Waals surface area (Å²) in [4.78, 5) is 0. The van der Waals surface area contributed by atoms with Gasteiger partial charge in [0.05, 0.1) is 12.2 Å². The van der Waals surface area contributed by atoms with Crippen LogP contribution in [-0.4, -0.2) is 41.9 Å². The minimum absolute atomic E-state index is 0.193. The maximum absolute atomic E-state index is 9.51. The summed E-state index contributed by atoms with van der Waals surface area (Å²) >= 11 is 0. The molecule has 0 aliphatic carbocycles. The highest BCUT2D eigenvalue weighted by molar-refractivity contribution is 4.84. The minimum atomic E-state index is -0.814. The van der Waals surface area contributed by atoms with Gasteiger partial charge in [0.25, 0.3) is 0 Å². The van der Waals surface area contributed by atoms with Crippen LogP contribution in [0, 0.1) is 5.92 Å². The van der Waals surface area contributed by atoms with Crippen LogP contribution >= 0.6 is 0 Å². The number of hydrogen-bond acceptors (Lipinski definition) is 4. The van der Waals surface area contributed by atoms with E-state index in [1.165, 1.54) is 7.11 Å². The van der Waals surface area contributed by atoms with Crippen LogP contribution in [0.1, 0.15) is 13.8 Å². The van der Waals surface area contributed by atoms with Crippen molar-refractivity contribution in [1.29, 1.82) is 0 Å². The normalized spacial score (nSPS) is 49.2. The molecule has 1 saturated heterocycles. The molecular weight excluding hydrogens is 160 g/mol. The van der Waals surface area contributed by atoms with Crippen LogP contribution in [0.2, 0.25) is 0 Å². The summed E-state index contributed by atoms with van der Waals surface area (Å²) in [6, 6.07) is 0. The van der Waals surface area contributed by atoms with Crippen molar-refractivity contribution in [2.75, 3.05) is 7.11 Å². The molecule has 0 aromatic heterocycles. The highest BCUT2D eigenvalue weighted by Crippen LogP contribution is 2.25. The lowest BCUT2D eigenvalue weighted by Crippen LogP contribution is -2.52. The summed E-state index contributed by atoms with van der Waals surface area (Å²) in [6.45, 7) is 3.50. The number of methoxy groups -OCH3 is 1. The van der Waals surface area contributed by atoms with Crippen LogP contribution < -0.4 is 0 Å². The van der Waals surface area contributed by atoms with Gasteiger partial charge in [-0.1, -0.05) is 6.92 Å². The number of rotatable bonds is 1. The molecule has 1 rings (SSSR count). The fraction of sp³-hybridized carbons (Fsp3) is 1.00. The van der Waals surface area contributed by atoms with Crippen molar-refractivity contribution < 1.29 is 19.7 Å². The molecule has 5 atom stereocenters. The van der Waals surface area contributed by atoms with E-state index in [-0.39, 0.29) is 12.0 Å². The molecule has 0 saturated carbocycles. The topological polar surface area (TPSA) is 58.9 Å². The van der Waals surface area contributed by atoms with E-state index in [4.69, 9.17) is 9.47 Å². The summed E-state index contributed by atoms with van der Waals surface area (Å²) in [6.07, 6.45) is -2.37. The minimum Gasteiger partial charge on any atom is -0.390 e. The van der Waals surface area contributed by atoms with Crippen molar-refractivity contribution in [1.82, 2.24) is 0 Å². The standard InChI is InChI=1S/C8H16O4/c1-4-6(9)7(10)5(2)12-8(4)11-3/h4-10H,1-3H3/t4-,5+,6+,7+,8-/m0/s1. The molecule has 0 aromatic carbocycles. The highest BCUT2D eigenvalue weighted by Gasteiger charge is 2.39. The van der Waals surface area contributed by atoms with Crippen LogP contribution in [0.25, 0.3) is 0 Å². The third-order valence-electron chi connectivity index (χ3n) is 2.38. The number of aliphatic hydroxyl groups is 2. The zero-order chi connectivity index (χ0) is 9.30. The Morgan fingerprint density at radius 3 is 2.25 bits per heavy atom. The van der Waals surface area contributed by atoms with Crippen LogP contribution in [0.5, 0.6) is 0 Å². The Morgan fingerprint density at radius 1 is 1.17 bits per heavy atom. The van der Waals surface area contributed by atoms with Crippen LogP contribution in [0.4, 0.5) is 0 Å². The molecule has 0 bridgehead atoms. The molecule has 4 nitrogen and oxygen atoms in total. The molecule has 1 heterocycles. The summed E-state index contributed by atoms with van der Waals surface area (Å²) in [5.74, 6) is -0.193.